The van der Waals surface area contributed by atoms with Gasteiger partial charge in [-0.2, -0.15) is 5.26 Å². The van der Waals surface area contributed by atoms with Gasteiger partial charge in [0, 0.05) is 33.5 Å². The molecule has 178 valence electrons. The Balaban J connectivity index is 1.70. The number of methoxy groups -OCH3 is 1. The smallest absolute Gasteiger partial charge is 0.356 e. The zero-order valence-corrected chi connectivity index (χ0v) is 20.6. The van der Waals surface area contributed by atoms with Gasteiger partial charge in [0.1, 0.15) is 17.6 Å². The molecule has 0 aliphatic carbocycles. The second kappa shape index (κ2) is 9.84. The van der Waals surface area contributed by atoms with Crippen LogP contribution in [0.15, 0.2) is 71.7 Å². The van der Waals surface area contributed by atoms with Crippen LogP contribution in [0.2, 0.25) is 0 Å². The number of hydrogen-bond donors (Lipinski definition) is 1. The lowest BCUT2D eigenvalue weighted by atomic mass is 9.94. The van der Waals surface area contributed by atoms with E-state index in [0.717, 1.165) is 50.2 Å². The lowest BCUT2D eigenvalue weighted by molar-refractivity contribution is 0.0594. The normalized spacial score (nSPS) is 13.5. The molecule has 0 radical (unpaired) electrons. The highest BCUT2D eigenvalue weighted by Gasteiger charge is 2.22. The molecule has 0 atom stereocenters. The quantitative estimate of drug-likeness (QED) is 0.242. The van der Waals surface area contributed by atoms with Gasteiger partial charge in [0.05, 0.1) is 17.7 Å². The van der Waals surface area contributed by atoms with Gasteiger partial charge in [0.2, 0.25) is 0 Å². The molecule has 5 rings (SSSR count). The van der Waals surface area contributed by atoms with Crippen LogP contribution in [0.25, 0.3) is 38.9 Å². The largest absolute Gasteiger partial charge is 0.464 e. The Morgan fingerprint density at radius 3 is 2.75 bits per heavy atom. The van der Waals surface area contributed by atoms with Crippen molar-refractivity contribution in [3.8, 4) is 28.5 Å². The van der Waals surface area contributed by atoms with Gasteiger partial charge in [0.25, 0.3) is 0 Å². The van der Waals surface area contributed by atoms with Crippen LogP contribution in [0.5, 0.6) is 0 Å². The van der Waals surface area contributed by atoms with Crippen molar-refractivity contribution in [2.45, 2.75) is 13.3 Å². The van der Waals surface area contributed by atoms with Crippen molar-refractivity contribution in [1.29, 1.82) is 5.26 Å². The molecule has 3 heterocycles. The summed E-state index contributed by atoms with van der Waals surface area (Å²) < 4.78 is 19.1. The van der Waals surface area contributed by atoms with Crippen molar-refractivity contribution >= 4 is 34.2 Å². The first kappa shape index (κ1) is 23.6. The van der Waals surface area contributed by atoms with Gasteiger partial charge in [-0.3, -0.25) is 0 Å². The predicted octanol–water partition coefficient (Wildman–Crippen LogP) is 7.06. The minimum atomic E-state index is -0.481. The molecule has 0 saturated heterocycles. The zero-order valence-electron chi connectivity index (χ0n) is 19.8. The van der Waals surface area contributed by atoms with Crippen molar-refractivity contribution in [3.63, 3.8) is 0 Å². The van der Waals surface area contributed by atoms with Crippen LogP contribution in [-0.4, -0.2) is 28.8 Å². The highest BCUT2D eigenvalue weighted by molar-refractivity contribution is 8.03. The zero-order chi connectivity index (χ0) is 25.2. The molecule has 0 bridgehead atoms. The lowest BCUT2D eigenvalue weighted by Gasteiger charge is -2.12. The summed E-state index contributed by atoms with van der Waals surface area (Å²) in [5.41, 5.74) is 7.02. The third-order valence-electron chi connectivity index (χ3n) is 6.19. The molecule has 2 aromatic carbocycles. The molecular formula is C29H22FN3O2S. The minimum absolute atomic E-state index is 0.254. The van der Waals surface area contributed by atoms with E-state index in [2.05, 4.69) is 28.2 Å². The molecule has 36 heavy (non-hydrogen) atoms. The SMILES string of the molecule is COC(=O)c1ccc(-c2cccc(-c3[nH]c4ccc(F)cc4c3C3=C(C#N)SCC=CC3)c2)c(C)n1. The first-order valence-corrected chi connectivity index (χ1v) is 12.4. The van der Waals surface area contributed by atoms with Gasteiger partial charge in [0.15, 0.2) is 0 Å². The summed E-state index contributed by atoms with van der Waals surface area (Å²) in [4.78, 5) is 20.4. The summed E-state index contributed by atoms with van der Waals surface area (Å²) in [6.45, 7) is 1.85. The number of fused-ring (bicyclic) bond motifs is 1. The summed E-state index contributed by atoms with van der Waals surface area (Å²) in [7, 11) is 1.33. The van der Waals surface area contributed by atoms with E-state index >= 15 is 0 Å². The van der Waals surface area contributed by atoms with Crippen LogP contribution in [0.1, 0.15) is 28.2 Å². The van der Waals surface area contributed by atoms with Crippen molar-refractivity contribution in [2.24, 2.45) is 0 Å². The number of allylic oxidation sites excluding steroid dienone is 3. The molecule has 0 amide bonds. The maximum absolute atomic E-state index is 14.3. The van der Waals surface area contributed by atoms with Crippen LogP contribution < -0.4 is 0 Å². The Morgan fingerprint density at radius 2 is 1.97 bits per heavy atom. The number of carbonyl (C=O) groups is 1. The maximum Gasteiger partial charge on any atom is 0.356 e. The Kier molecular flexibility index (Phi) is 6.45. The van der Waals surface area contributed by atoms with Gasteiger partial charge in [-0.25, -0.2) is 14.2 Å². The molecule has 0 fully saturated rings. The highest BCUT2D eigenvalue weighted by atomic mass is 32.2. The number of nitrogens with zero attached hydrogens (tertiary/aromatic N) is 2. The summed E-state index contributed by atoms with van der Waals surface area (Å²) in [5, 5.41) is 10.6. The molecule has 1 aliphatic rings. The monoisotopic (exact) mass is 495 g/mol. The first-order valence-electron chi connectivity index (χ1n) is 11.4. The third kappa shape index (κ3) is 4.32. The number of rotatable bonds is 4. The summed E-state index contributed by atoms with van der Waals surface area (Å²) in [6, 6.07) is 18.5. The van der Waals surface area contributed by atoms with Crippen molar-refractivity contribution < 1.29 is 13.9 Å². The van der Waals surface area contributed by atoms with E-state index in [-0.39, 0.29) is 11.5 Å². The second-order valence-corrected chi connectivity index (χ2v) is 9.40. The van der Waals surface area contributed by atoms with E-state index in [1.54, 1.807) is 12.1 Å². The summed E-state index contributed by atoms with van der Waals surface area (Å²) in [5.74, 6) is -0.0847. The topological polar surface area (TPSA) is 78.8 Å². The van der Waals surface area contributed by atoms with Crippen LogP contribution in [0.3, 0.4) is 0 Å². The number of nitriles is 1. The van der Waals surface area contributed by atoms with Crippen LogP contribution in [-0.2, 0) is 4.74 Å². The molecule has 2 aromatic heterocycles. The number of aryl methyl sites for hydroxylation is 1. The number of carbonyl (C=O) groups excluding carboxylic acids is 1. The van der Waals surface area contributed by atoms with E-state index in [0.29, 0.717) is 17.0 Å². The van der Waals surface area contributed by atoms with Gasteiger partial charge in [-0.1, -0.05) is 36.4 Å². The standard InChI is InChI=1S/C29H22FN3O2S/c1-17-21(10-12-25(32-17)29(34)35-2)18-6-5-7-19(14-18)28-27(22-8-3-4-13-36-26(22)16-31)23-15-20(30)9-11-24(23)33-28/h3-7,9-12,14-15,33H,8,13H2,1-2H3. The van der Waals surface area contributed by atoms with E-state index in [4.69, 9.17) is 4.74 Å². The van der Waals surface area contributed by atoms with E-state index in [1.165, 1.54) is 31.0 Å². The van der Waals surface area contributed by atoms with Crippen molar-refractivity contribution in [2.75, 3.05) is 12.9 Å². The van der Waals surface area contributed by atoms with E-state index in [9.17, 15) is 14.4 Å². The number of benzene rings is 2. The van der Waals surface area contributed by atoms with Crippen LogP contribution in [0, 0.1) is 24.1 Å². The number of pyridine rings is 1. The number of halogens is 1. The van der Waals surface area contributed by atoms with E-state index in [1.807, 2.05) is 37.3 Å². The Hall–Kier alpha value is -4.15. The first-order chi connectivity index (χ1) is 17.5. The van der Waals surface area contributed by atoms with Crippen molar-refractivity contribution in [1.82, 2.24) is 9.97 Å². The van der Waals surface area contributed by atoms with Crippen molar-refractivity contribution in [3.05, 3.63) is 94.4 Å². The van der Waals surface area contributed by atoms with Gasteiger partial charge >= 0.3 is 5.97 Å². The van der Waals surface area contributed by atoms with Gasteiger partial charge < -0.3 is 9.72 Å². The summed E-state index contributed by atoms with van der Waals surface area (Å²) in [6.07, 6.45) is 4.70. The number of H-pyrrole nitrogens is 1. The predicted molar refractivity (Wildman–Crippen MR) is 142 cm³/mol. The number of esters is 1. The average molecular weight is 496 g/mol. The molecule has 7 heteroatoms. The Bertz CT molecular complexity index is 1610. The fourth-order valence-electron chi connectivity index (χ4n) is 4.52. The van der Waals surface area contributed by atoms with E-state index < -0.39 is 5.97 Å². The summed E-state index contributed by atoms with van der Waals surface area (Å²) >= 11 is 1.49. The van der Waals surface area contributed by atoms with Crippen LogP contribution >= 0.6 is 11.8 Å². The number of hydrogen-bond acceptors (Lipinski definition) is 5. The average Bonchev–Trinajstić information content (AvgIpc) is 3.10. The Labute approximate surface area is 212 Å². The Morgan fingerprint density at radius 1 is 1.14 bits per heavy atom. The molecule has 4 aromatic rings. The van der Waals surface area contributed by atoms with Crippen LogP contribution in [0.4, 0.5) is 4.39 Å². The molecule has 5 nitrogen and oxygen atoms in total. The number of aromatic nitrogens is 2. The lowest BCUT2D eigenvalue weighted by Crippen LogP contribution is -2.05. The van der Waals surface area contributed by atoms with Gasteiger partial charge in [-0.15, -0.1) is 11.8 Å². The molecule has 0 unspecified atom stereocenters. The fourth-order valence-corrected chi connectivity index (χ4v) is 5.34. The molecule has 1 N–H and O–H groups in total. The number of aromatic amines is 1. The molecular weight excluding hydrogens is 473 g/mol. The fraction of sp³-hybridized carbons (Fsp3) is 0.138. The number of nitrogens with one attached hydrogen (secondary N) is 1. The van der Waals surface area contributed by atoms with Gasteiger partial charge in [-0.05, 0) is 60.4 Å². The molecule has 0 saturated carbocycles. The minimum Gasteiger partial charge on any atom is -0.464 e. The molecule has 1 aliphatic heterocycles. The maximum atomic E-state index is 14.3. The second-order valence-electron chi connectivity index (χ2n) is 8.37. The number of ether oxygens (including phenoxy) is 1. The number of thioether (sulfide) groups is 1. The molecule has 0 spiro atoms. The third-order valence-corrected chi connectivity index (χ3v) is 7.18. The highest BCUT2D eigenvalue weighted by Crippen LogP contribution is 2.42.